The van der Waals surface area contributed by atoms with Crippen LogP contribution >= 0.6 is 11.3 Å². The number of hydrogen-bond acceptors (Lipinski definition) is 7. The number of nitrogens with one attached hydrogen (secondary N) is 2. The van der Waals surface area contributed by atoms with Crippen molar-refractivity contribution in [2.24, 2.45) is 5.92 Å². The SMILES string of the molecule is Cc1nc2c(C(=O)NCc3ccc4nc(N)sc4c3)cc(-c3ccccc3)cn2c1C(=O)N[C@H](CO)CC(C)C. The van der Waals surface area contributed by atoms with Crippen molar-refractivity contribution in [1.82, 2.24) is 25.0 Å². The van der Waals surface area contributed by atoms with Crippen LogP contribution in [0.1, 0.15) is 52.4 Å². The number of carbonyl (C=O) groups is 2. The Morgan fingerprint density at radius 1 is 1.05 bits per heavy atom. The summed E-state index contributed by atoms with van der Waals surface area (Å²) in [7, 11) is 0. The Morgan fingerprint density at radius 2 is 1.82 bits per heavy atom. The third-order valence-corrected chi connectivity index (χ3v) is 7.54. The van der Waals surface area contributed by atoms with Crippen molar-refractivity contribution >= 4 is 44.1 Å². The smallest absolute Gasteiger partial charge is 0.270 e. The summed E-state index contributed by atoms with van der Waals surface area (Å²) in [5.41, 5.74) is 10.8. The number of hydrogen-bond donors (Lipinski definition) is 4. The Hall–Kier alpha value is -4.28. The Balaban J connectivity index is 1.51. The molecule has 0 saturated heterocycles. The zero-order valence-electron chi connectivity index (χ0n) is 22.6. The lowest BCUT2D eigenvalue weighted by atomic mass is 10.0. The number of pyridine rings is 1. The molecule has 5 N–H and O–H groups in total. The van der Waals surface area contributed by atoms with E-state index in [-0.39, 0.29) is 24.5 Å². The van der Waals surface area contributed by atoms with E-state index >= 15 is 0 Å². The van der Waals surface area contributed by atoms with Gasteiger partial charge in [-0.15, -0.1) is 0 Å². The maximum Gasteiger partial charge on any atom is 0.270 e. The fraction of sp³-hybridized carbons (Fsp3) is 0.267. The predicted octanol–water partition coefficient (Wildman–Crippen LogP) is 4.57. The standard InChI is InChI=1S/C30H32N6O3S/c1-17(2)11-22(16-37)34-29(39)26-18(3)33-27-23(13-21(15-36(26)27)20-7-5-4-6-8-20)28(38)32-14-19-9-10-24-25(12-19)40-30(31)35-24/h4-10,12-13,15,17,22,37H,11,14,16H2,1-3H3,(H2,31,35)(H,32,38)(H,34,39)/t22-/m0/s1. The molecule has 0 unspecified atom stereocenters. The van der Waals surface area contributed by atoms with Gasteiger partial charge in [-0.2, -0.15) is 0 Å². The van der Waals surface area contributed by atoms with Gasteiger partial charge in [-0.3, -0.25) is 14.0 Å². The fourth-order valence-electron chi connectivity index (χ4n) is 4.86. The molecule has 3 aromatic heterocycles. The molecule has 9 nitrogen and oxygen atoms in total. The van der Waals surface area contributed by atoms with Gasteiger partial charge < -0.3 is 21.5 Å². The number of anilines is 1. The van der Waals surface area contributed by atoms with Gasteiger partial charge in [-0.05, 0) is 54.2 Å². The molecule has 40 heavy (non-hydrogen) atoms. The lowest BCUT2D eigenvalue weighted by Gasteiger charge is -2.18. The number of nitrogens with two attached hydrogens (primary N) is 1. The number of aryl methyl sites for hydroxylation is 1. The van der Waals surface area contributed by atoms with Crippen LogP contribution < -0.4 is 16.4 Å². The summed E-state index contributed by atoms with van der Waals surface area (Å²) in [4.78, 5) is 36.0. The summed E-state index contributed by atoms with van der Waals surface area (Å²) in [5.74, 6) is -0.357. The van der Waals surface area contributed by atoms with Crippen LogP contribution in [0.25, 0.3) is 27.0 Å². The zero-order chi connectivity index (χ0) is 28.4. The van der Waals surface area contributed by atoms with Gasteiger partial charge in [0, 0.05) is 12.7 Å². The Kier molecular flexibility index (Phi) is 7.81. The highest BCUT2D eigenvalue weighted by Crippen LogP contribution is 2.27. The first-order valence-corrected chi connectivity index (χ1v) is 14.0. The predicted molar refractivity (Wildman–Crippen MR) is 158 cm³/mol. The van der Waals surface area contributed by atoms with Gasteiger partial charge in [-0.1, -0.05) is 61.6 Å². The van der Waals surface area contributed by atoms with Gasteiger partial charge in [0.2, 0.25) is 0 Å². The third kappa shape index (κ3) is 5.68. The van der Waals surface area contributed by atoms with E-state index in [1.807, 2.05) is 68.6 Å². The second-order valence-electron chi connectivity index (χ2n) is 10.3. The molecule has 0 spiro atoms. The van der Waals surface area contributed by atoms with Crippen molar-refractivity contribution in [1.29, 1.82) is 0 Å². The third-order valence-electron chi connectivity index (χ3n) is 6.70. The number of rotatable bonds is 9. The molecule has 0 bridgehead atoms. The van der Waals surface area contributed by atoms with Crippen LogP contribution in [0.15, 0.2) is 60.8 Å². The van der Waals surface area contributed by atoms with Crippen molar-refractivity contribution < 1.29 is 14.7 Å². The Morgan fingerprint density at radius 3 is 2.55 bits per heavy atom. The number of imidazole rings is 1. The minimum atomic E-state index is -0.385. The topological polar surface area (TPSA) is 135 Å². The Bertz CT molecular complexity index is 1690. The zero-order valence-corrected chi connectivity index (χ0v) is 23.5. The first-order valence-electron chi connectivity index (χ1n) is 13.2. The molecule has 0 aliphatic heterocycles. The summed E-state index contributed by atoms with van der Waals surface area (Å²) in [6, 6.07) is 16.9. The van der Waals surface area contributed by atoms with Gasteiger partial charge in [0.1, 0.15) is 5.69 Å². The quantitative estimate of drug-likeness (QED) is 0.210. The van der Waals surface area contributed by atoms with Crippen LogP contribution in [-0.2, 0) is 6.54 Å². The second kappa shape index (κ2) is 11.4. The van der Waals surface area contributed by atoms with E-state index in [4.69, 9.17) is 5.73 Å². The van der Waals surface area contributed by atoms with Gasteiger partial charge in [-0.25, -0.2) is 9.97 Å². The average Bonchev–Trinajstić information content (AvgIpc) is 3.48. The summed E-state index contributed by atoms with van der Waals surface area (Å²) in [5, 5.41) is 16.3. The van der Waals surface area contributed by atoms with E-state index in [1.54, 1.807) is 17.4 Å². The maximum absolute atomic E-state index is 13.6. The molecule has 206 valence electrons. The second-order valence-corrected chi connectivity index (χ2v) is 11.3. The van der Waals surface area contributed by atoms with E-state index in [2.05, 4.69) is 20.6 Å². The van der Waals surface area contributed by atoms with Crippen LogP contribution in [-0.4, -0.2) is 43.9 Å². The molecule has 0 fully saturated rings. The molecule has 2 amide bonds. The first-order chi connectivity index (χ1) is 19.2. The number of aromatic nitrogens is 3. The molecule has 5 rings (SSSR count). The Labute approximate surface area is 236 Å². The lowest BCUT2D eigenvalue weighted by molar-refractivity contribution is 0.0899. The van der Waals surface area contributed by atoms with E-state index in [0.29, 0.717) is 46.6 Å². The molecule has 0 aliphatic rings. The number of nitrogen functional groups attached to an aromatic ring is 1. The highest BCUT2D eigenvalue weighted by Gasteiger charge is 2.24. The van der Waals surface area contributed by atoms with E-state index in [0.717, 1.165) is 26.9 Å². The van der Waals surface area contributed by atoms with Crippen molar-refractivity contribution in [3.8, 4) is 11.1 Å². The number of amides is 2. The molecule has 0 radical (unpaired) electrons. The molecule has 5 aromatic rings. The van der Waals surface area contributed by atoms with Crippen LogP contribution in [0.5, 0.6) is 0 Å². The van der Waals surface area contributed by atoms with Crippen LogP contribution in [0.3, 0.4) is 0 Å². The van der Waals surface area contributed by atoms with Gasteiger partial charge >= 0.3 is 0 Å². The molecule has 3 heterocycles. The molecule has 2 aromatic carbocycles. The number of benzene rings is 2. The van der Waals surface area contributed by atoms with E-state index < -0.39 is 0 Å². The minimum absolute atomic E-state index is 0.164. The monoisotopic (exact) mass is 556 g/mol. The van der Waals surface area contributed by atoms with Crippen LogP contribution in [0.2, 0.25) is 0 Å². The van der Waals surface area contributed by atoms with Crippen molar-refractivity contribution in [2.75, 3.05) is 12.3 Å². The molecular formula is C30H32N6O3S. The normalized spacial score (nSPS) is 12.2. The van der Waals surface area contributed by atoms with Crippen molar-refractivity contribution in [3.05, 3.63) is 83.3 Å². The molecular weight excluding hydrogens is 524 g/mol. The van der Waals surface area contributed by atoms with Gasteiger partial charge in [0.25, 0.3) is 11.8 Å². The van der Waals surface area contributed by atoms with Crippen LogP contribution in [0.4, 0.5) is 5.13 Å². The number of nitrogens with zero attached hydrogens (tertiary/aromatic N) is 3. The van der Waals surface area contributed by atoms with Gasteiger partial charge in [0.15, 0.2) is 10.8 Å². The number of thiazole rings is 1. The minimum Gasteiger partial charge on any atom is -0.394 e. The lowest BCUT2D eigenvalue weighted by Crippen LogP contribution is -2.39. The van der Waals surface area contributed by atoms with E-state index in [9.17, 15) is 14.7 Å². The number of carbonyl (C=O) groups excluding carboxylic acids is 2. The number of aliphatic hydroxyl groups excluding tert-OH is 1. The summed E-state index contributed by atoms with van der Waals surface area (Å²) in [6.45, 7) is 5.96. The number of fused-ring (bicyclic) bond motifs is 2. The first kappa shape index (κ1) is 27.3. The average molecular weight is 557 g/mol. The molecule has 0 saturated carbocycles. The van der Waals surface area contributed by atoms with Crippen molar-refractivity contribution in [3.63, 3.8) is 0 Å². The summed E-state index contributed by atoms with van der Waals surface area (Å²) >= 11 is 1.40. The fourth-order valence-corrected chi connectivity index (χ4v) is 5.66. The summed E-state index contributed by atoms with van der Waals surface area (Å²) < 4.78 is 2.63. The van der Waals surface area contributed by atoms with E-state index in [1.165, 1.54) is 11.3 Å². The van der Waals surface area contributed by atoms with Crippen molar-refractivity contribution in [2.45, 2.75) is 39.8 Å². The number of aliphatic hydroxyl groups is 1. The molecule has 10 heteroatoms. The molecule has 0 aliphatic carbocycles. The summed E-state index contributed by atoms with van der Waals surface area (Å²) in [6.07, 6.45) is 2.47. The highest BCUT2D eigenvalue weighted by molar-refractivity contribution is 7.22. The largest absolute Gasteiger partial charge is 0.394 e. The maximum atomic E-state index is 13.6. The molecule has 1 atom stereocenters. The van der Waals surface area contributed by atoms with Gasteiger partial charge in [0.05, 0.1) is 34.1 Å². The van der Waals surface area contributed by atoms with Crippen LogP contribution in [0, 0.1) is 12.8 Å². The highest BCUT2D eigenvalue weighted by atomic mass is 32.1.